The van der Waals surface area contributed by atoms with E-state index in [-0.39, 0.29) is 25.2 Å². The van der Waals surface area contributed by atoms with Crippen LogP contribution in [-0.4, -0.2) is 81.8 Å². The van der Waals surface area contributed by atoms with Crippen LogP contribution in [0.1, 0.15) is 40.0 Å². The van der Waals surface area contributed by atoms with Crippen LogP contribution in [-0.2, 0) is 24.0 Å². The minimum atomic E-state index is -1.54. The number of aliphatic hydroxyl groups is 2. The van der Waals surface area contributed by atoms with Gasteiger partial charge in [-0.05, 0) is 25.7 Å². The minimum Gasteiger partial charge on any atom is -0.480 e. The highest BCUT2D eigenvalue weighted by molar-refractivity contribution is 5.94. The molecule has 0 saturated heterocycles. The average molecular weight is 447 g/mol. The Bertz CT molecular complexity index is 655. The van der Waals surface area contributed by atoms with Gasteiger partial charge in [-0.25, -0.2) is 4.79 Å². The first-order valence-electron chi connectivity index (χ1n) is 9.76. The van der Waals surface area contributed by atoms with Gasteiger partial charge in [-0.3, -0.25) is 19.2 Å². The maximum Gasteiger partial charge on any atom is 0.326 e. The van der Waals surface area contributed by atoms with E-state index in [0.717, 1.165) is 0 Å². The van der Waals surface area contributed by atoms with Gasteiger partial charge in [-0.2, -0.15) is 0 Å². The largest absolute Gasteiger partial charge is 0.480 e. The lowest BCUT2D eigenvalue weighted by Gasteiger charge is -2.27. The Morgan fingerprint density at radius 1 is 0.903 bits per heavy atom. The SMILES string of the molecule is CC(C)CC(NC(=O)C(N)CO)C(=O)NC(C(=O)NC(CCC(N)=O)C(=O)O)C(C)O. The summed E-state index contributed by atoms with van der Waals surface area (Å²) in [6, 6.07) is -5.38. The van der Waals surface area contributed by atoms with Gasteiger partial charge in [0.15, 0.2) is 0 Å². The molecule has 0 radical (unpaired) electrons. The average Bonchev–Trinajstić information content (AvgIpc) is 2.66. The van der Waals surface area contributed by atoms with Crippen LogP contribution < -0.4 is 27.4 Å². The van der Waals surface area contributed by atoms with E-state index in [2.05, 4.69) is 16.0 Å². The highest BCUT2D eigenvalue weighted by atomic mass is 16.4. The van der Waals surface area contributed by atoms with Crippen LogP contribution in [0.4, 0.5) is 0 Å². The van der Waals surface area contributed by atoms with E-state index in [4.69, 9.17) is 16.6 Å². The topological polar surface area (TPSA) is 234 Å². The fourth-order valence-electron chi connectivity index (χ4n) is 2.53. The number of primary amides is 1. The molecule has 5 atom stereocenters. The van der Waals surface area contributed by atoms with Gasteiger partial charge in [0.2, 0.25) is 23.6 Å². The lowest BCUT2D eigenvalue weighted by atomic mass is 10.0. The van der Waals surface area contributed by atoms with Gasteiger partial charge < -0.3 is 42.7 Å². The molecule has 0 aromatic carbocycles. The fourth-order valence-corrected chi connectivity index (χ4v) is 2.53. The smallest absolute Gasteiger partial charge is 0.326 e. The van der Waals surface area contributed by atoms with Crippen molar-refractivity contribution in [1.29, 1.82) is 0 Å². The zero-order chi connectivity index (χ0) is 24.3. The summed E-state index contributed by atoms with van der Waals surface area (Å²) in [6.45, 7) is 4.14. The van der Waals surface area contributed by atoms with Gasteiger partial charge in [0.05, 0.1) is 12.7 Å². The maximum absolute atomic E-state index is 12.7. The van der Waals surface area contributed by atoms with Gasteiger partial charge in [-0.15, -0.1) is 0 Å². The molecule has 178 valence electrons. The van der Waals surface area contributed by atoms with E-state index >= 15 is 0 Å². The summed E-state index contributed by atoms with van der Waals surface area (Å²) in [5.74, 6) is -4.81. The van der Waals surface area contributed by atoms with Crippen molar-refractivity contribution < 1.29 is 39.3 Å². The van der Waals surface area contributed by atoms with E-state index in [1.807, 2.05) is 0 Å². The molecule has 13 nitrogen and oxygen atoms in total. The van der Waals surface area contributed by atoms with Crippen molar-refractivity contribution in [2.45, 2.75) is 70.3 Å². The van der Waals surface area contributed by atoms with E-state index in [1.165, 1.54) is 6.92 Å². The van der Waals surface area contributed by atoms with E-state index in [0.29, 0.717) is 0 Å². The lowest BCUT2D eigenvalue weighted by molar-refractivity contribution is -0.143. The monoisotopic (exact) mass is 447 g/mol. The molecule has 4 amide bonds. The number of hydrogen-bond donors (Lipinski definition) is 8. The Balaban J connectivity index is 5.37. The van der Waals surface area contributed by atoms with Gasteiger partial charge in [0.1, 0.15) is 24.2 Å². The van der Waals surface area contributed by atoms with Crippen LogP contribution in [0.5, 0.6) is 0 Å². The summed E-state index contributed by atoms with van der Waals surface area (Å²) in [6.07, 6.45) is -1.82. The molecule has 31 heavy (non-hydrogen) atoms. The number of carboxylic acid groups (broad SMARTS) is 1. The van der Waals surface area contributed by atoms with Crippen molar-refractivity contribution in [3.05, 3.63) is 0 Å². The Morgan fingerprint density at radius 2 is 1.45 bits per heavy atom. The number of aliphatic carboxylic acids is 1. The number of carbonyl (C=O) groups excluding carboxylic acids is 4. The Kier molecular flexibility index (Phi) is 12.3. The number of aliphatic hydroxyl groups excluding tert-OH is 2. The van der Waals surface area contributed by atoms with E-state index < -0.39 is 66.5 Å². The molecule has 0 aliphatic carbocycles. The Morgan fingerprint density at radius 3 is 1.87 bits per heavy atom. The molecule has 0 rings (SSSR count). The second kappa shape index (κ2) is 13.5. The van der Waals surface area contributed by atoms with E-state index in [9.17, 15) is 34.2 Å². The predicted molar refractivity (Wildman–Crippen MR) is 108 cm³/mol. The lowest BCUT2D eigenvalue weighted by Crippen LogP contribution is -2.60. The van der Waals surface area contributed by atoms with Gasteiger partial charge in [0, 0.05) is 6.42 Å². The van der Waals surface area contributed by atoms with Crippen molar-refractivity contribution in [2.75, 3.05) is 6.61 Å². The Labute approximate surface area is 179 Å². The standard InChI is InChI=1S/C18H33N5O8/c1-8(2)6-12(22-15(27)10(19)7-24)16(28)23-14(9(3)25)17(29)21-11(18(30)31)4-5-13(20)26/h8-12,14,24-25H,4-7,19H2,1-3H3,(H2,20,26)(H,21,29)(H,22,27)(H,23,28)(H,30,31). The van der Waals surface area contributed by atoms with Crippen LogP contribution in [0.2, 0.25) is 0 Å². The van der Waals surface area contributed by atoms with Crippen molar-refractivity contribution in [3.8, 4) is 0 Å². The predicted octanol–water partition coefficient (Wildman–Crippen LogP) is -3.46. The molecule has 10 N–H and O–H groups in total. The second-order valence-corrected chi connectivity index (χ2v) is 7.61. The van der Waals surface area contributed by atoms with Crippen LogP contribution in [0.3, 0.4) is 0 Å². The summed E-state index contributed by atoms with van der Waals surface area (Å²) in [5.41, 5.74) is 10.4. The van der Waals surface area contributed by atoms with Crippen molar-refractivity contribution in [2.24, 2.45) is 17.4 Å². The molecule has 0 heterocycles. The van der Waals surface area contributed by atoms with Crippen LogP contribution >= 0.6 is 0 Å². The number of hydrogen-bond acceptors (Lipinski definition) is 8. The highest BCUT2D eigenvalue weighted by Gasteiger charge is 2.33. The third kappa shape index (κ3) is 10.7. The number of nitrogens with two attached hydrogens (primary N) is 2. The molecule has 0 aliphatic rings. The fraction of sp³-hybridized carbons (Fsp3) is 0.722. The third-order valence-corrected chi connectivity index (χ3v) is 4.23. The summed E-state index contributed by atoms with van der Waals surface area (Å²) < 4.78 is 0. The molecule has 0 saturated carbocycles. The van der Waals surface area contributed by atoms with Gasteiger partial charge >= 0.3 is 5.97 Å². The molecule has 0 aliphatic heterocycles. The molecular formula is C18H33N5O8. The van der Waals surface area contributed by atoms with Crippen molar-refractivity contribution in [1.82, 2.24) is 16.0 Å². The third-order valence-electron chi connectivity index (χ3n) is 4.23. The van der Waals surface area contributed by atoms with Crippen LogP contribution in [0.25, 0.3) is 0 Å². The van der Waals surface area contributed by atoms with Crippen LogP contribution in [0, 0.1) is 5.92 Å². The maximum atomic E-state index is 12.7. The summed E-state index contributed by atoms with van der Waals surface area (Å²) in [5, 5.41) is 34.9. The highest BCUT2D eigenvalue weighted by Crippen LogP contribution is 2.07. The summed E-state index contributed by atoms with van der Waals surface area (Å²) in [4.78, 5) is 59.3. The quantitative estimate of drug-likeness (QED) is 0.132. The van der Waals surface area contributed by atoms with Crippen molar-refractivity contribution in [3.63, 3.8) is 0 Å². The number of rotatable bonds is 14. The number of carboxylic acids is 1. The second-order valence-electron chi connectivity index (χ2n) is 7.61. The Hall–Kier alpha value is -2.77. The summed E-state index contributed by atoms with van der Waals surface area (Å²) >= 11 is 0. The first-order valence-corrected chi connectivity index (χ1v) is 9.76. The number of carbonyl (C=O) groups is 5. The number of amides is 4. The van der Waals surface area contributed by atoms with Crippen molar-refractivity contribution >= 4 is 29.6 Å². The first kappa shape index (κ1) is 28.2. The molecule has 0 bridgehead atoms. The molecule has 13 heteroatoms. The molecule has 5 unspecified atom stereocenters. The number of nitrogens with one attached hydrogen (secondary N) is 3. The molecule has 0 aromatic heterocycles. The normalized spacial score (nSPS) is 15.8. The van der Waals surface area contributed by atoms with Gasteiger partial charge in [-0.1, -0.05) is 13.8 Å². The molecular weight excluding hydrogens is 414 g/mol. The zero-order valence-electron chi connectivity index (χ0n) is 17.8. The minimum absolute atomic E-state index is 0.0505. The van der Waals surface area contributed by atoms with Gasteiger partial charge in [0.25, 0.3) is 0 Å². The van der Waals surface area contributed by atoms with E-state index in [1.54, 1.807) is 13.8 Å². The zero-order valence-corrected chi connectivity index (χ0v) is 17.8. The first-order chi connectivity index (χ1) is 14.3. The molecule has 0 spiro atoms. The van der Waals surface area contributed by atoms with Crippen LogP contribution in [0.15, 0.2) is 0 Å². The molecule has 0 aromatic rings. The summed E-state index contributed by atoms with van der Waals surface area (Å²) in [7, 11) is 0. The molecule has 0 fully saturated rings.